The summed E-state index contributed by atoms with van der Waals surface area (Å²) >= 11 is 1.54. The average Bonchev–Trinajstić information content (AvgIpc) is 2.60. The SMILES string of the molecule is COc1ccc(CNC(=O)[C@H](C)Sc2ccccc2)cc1OC. The monoisotopic (exact) mass is 331 g/mol. The van der Waals surface area contributed by atoms with Gasteiger partial charge in [0.2, 0.25) is 5.91 Å². The minimum absolute atomic E-state index is 0.00800. The van der Waals surface area contributed by atoms with Gasteiger partial charge in [-0.25, -0.2) is 0 Å². The number of rotatable bonds is 7. The predicted octanol–water partition coefficient (Wildman–Crippen LogP) is 3.50. The minimum atomic E-state index is -0.155. The Balaban J connectivity index is 1.91. The van der Waals surface area contributed by atoms with Crippen LogP contribution in [-0.4, -0.2) is 25.4 Å². The minimum Gasteiger partial charge on any atom is -0.493 e. The predicted molar refractivity (Wildman–Crippen MR) is 93.2 cm³/mol. The summed E-state index contributed by atoms with van der Waals surface area (Å²) < 4.78 is 10.5. The molecule has 0 heterocycles. The van der Waals surface area contributed by atoms with Crippen LogP contribution in [0.25, 0.3) is 0 Å². The molecular formula is C18H21NO3S. The number of hydrogen-bond donors (Lipinski definition) is 1. The van der Waals surface area contributed by atoms with E-state index in [1.807, 2.05) is 55.5 Å². The summed E-state index contributed by atoms with van der Waals surface area (Å²) in [5.41, 5.74) is 0.966. The molecule has 0 aliphatic carbocycles. The van der Waals surface area contributed by atoms with Crippen LogP contribution >= 0.6 is 11.8 Å². The molecular weight excluding hydrogens is 310 g/mol. The van der Waals surface area contributed by atoms with Crippen molar-refractivity contribution >= 4 is 17.7 Å². The molecule has 1 atom stereocenters. The molecule has 4 nitrogen and oxygen atoms in total. The van der Waals surface area contributed by atoms with E-state index in [1.54, 1.807) is 26.0 Å². The molecule has 0 unspecified atom stereocenters. The number of nitrogens with one attached hydrogen (secondary N) is 1. The smallest absolute Gasteiger partial charge is 0.233 e. The van der Waals surface area contributed by atoms with Crippen molar-refractivity contribution in [3.05, 3.63) is 54.1 Å². The fraction of sp³-hybridized carbons (Fsp3) is 0.278. The Morgan fingerprint density at radius 3 is 2.43 bits per heavy atom. The van der Waals surface area contributed by atoms with Crippen LogP contribution in [0.15, 0.2) is 53.4 Å². The highest BCUT2D eigenvalue weighted by atomic mass is 32.2. The third-order valence-corrected chi connectivity index (χ3v) is 4.45. The first-order chi connectivity index (χ1) is 11.1. The van der Waals surface area contributed by atoms with E-state index in [0.29, 0.717) is 18.0 Å². The van der Waals surface area contributed by atoms with Crippen molar-refractivity contribution in [1.29, 1.82) is 0 Å². The molecule has 1 amide bonds. The van der Waals surface area contributed by atoms with E-state index in [0.717, 1.165) is 10.5 Å². The number of carbonyl (C=O) groups is 1. The van der Waals surface area contributed by atoms with Crippen molar-refractivity contribution in [2.75, 3.05) is 14.2 Å². The third kappa shape index (κ3) is 4.93. The first-order valence-corrected chi connectivity index (χ1v) is 8.22. The number of hydrogen-bond acceptors (Lipinski definition) is 4. The zero-order valence-electron chi connectivity index (χ0n) is 13.5. The lowest BCUT2D eigenvalue weighted by atomic mass is 10.2. The first kappa shape index (κ1) is 17.2. The van der Waals surface area contributed by atoms with E-state index >= 15 is 0 Å². The van der Waals surface area contributed by atoms with Crippen molar-refractivity contribution in [2.45, 2.75) is 23.6 Å². The molecule has 0 fully saturated rings. The molecule has 0 aliphatic rings. The maximum Gasteiger partial charge on any atom is 0.233 e. The summed E-state index contributed by atoms with van der Waals surface area (Å²) in [6.07, 6.45) is 0. The van der Waals surface area contributed by atoms with E-state index in [2.05, 4.69) is 5.32 Å². The van der Waals surface area contributed by atoms with Crippen molar-refractivity contribution in [1.82, 2.24) is 5.32 Å². The second-order valence-electron chi connectivity index (χ2n) is 4.98. The fourth-order valence-electron chi connectivity index (χ4n) is 2.08. The van der Waals surface area contributed by atoms with Crippen LogP contribution < -0.4 is 14.8 Å². The molecule has 122 valence electrons. The highest BCUT2D eigenvalue weighted by Gasteiger charge is 2.14. The third-order valence-electron chi connectivity index (χ3n) is 3.34. The van der Waals surface area contributed by atoms with Gasteiger partial charge in [-0.2, -0.15) is 0 Å². The van der Waals surface area contributed by atoms with Crippen molar-refractivity contribution in [3.8, 4) is 11.5 Å². The highest BCUT2D eigenvalue weighted by molar-refractivity contribution is 8.00. The van der Waals surface area contributed by atoms with Crippen molar-refractivity contribution in [2.24, 2.45) is 0 Å². The van der Waals surface area contributed by atoms with Gasteiger partial charge in [0, 0.05) is 11.4 Å². The number of carbonyl (C=O) groups excluding carboxylic acids is 1. The van der Waals surface area contributed by atoms with E-state index in [-0.39, 0.29) is 11.2 Å². The Bertz CT molecular complexity index is 646. The molecule has 0 aromatic heterocycles. The lowest BCUT2D eigenvalue weighted by molar-refractivity contribution is -0.120. The van der Waals surface area contributed by atoms with Crippen molar-refractivity contribution < 1.29 is 14.3 Å². The first-order valence-electron chi connectivity index (χ1n) is 7.34. The Morgan fingerprint density at radius 1 is 1.09 bits per heavy atom. The van der Waals surface area contributed by atoms with Crippen LogP contribution in [0.2, 0.25) is 0 Å². The van der Waals surface area contributed by atoms with Gasteiger partial charge in [0.05, 0.1) is 19.5 Å². The molecule has 0 saturated heterocycles. The lowest BCUT2D eigenvalue weighted by Gasteiger charge is -2.13. The Hall–Kier alpha value is -2.14. The van der Waals surface area contributed by atoms with E-state index in [4.69, 9.17) is 9.47 Å². The lowest BCUT2D eigenvalue weighted by Crippen LogP contribution is -2.30. The van der Waals surface area contributed by atoms with Gasteiger partial charge in [0.25, 0.3) is 0 Å². The van der Waals surface area contributed by atoms with Gasteiger partial charge in [-0.15, -0.1) is 11.8 Å². The number of ether oxygens (including phenoxy) is 2. The Labute approximate surface area is 141 Å². The summed E-state index contributed by atoms with van der Waals surface area (Å²) in [5, 5.41) is 2.80. The largest absolute Gasteiger partial charge is 0.493 e. The van der Waals surface area contributed by atoms with Gasteiger partial charge in [-0.05, 0) is 36.8 Å². The number of benzene rings is 2. The summed E-state index contributed by atoms with van der Waals surface area (Å²) in [6, 6.07) is 15.5. The molecule has 2 aromatic rings. The zero-order valence-corrected chi connectivity index (χ0v) is 14.4. The maximum atomic E-state index is 12.2. The zero-order chi connectivity index (χ0) is 16.7. The number of methoxy groups -OCH3 is 2. The van der Waals surface area contributed by atoms with E-state index < -0.39 is 0 Å². The van der Waals surface area contributed by atoms with Crippen LogP contribution in [0.5, 0.6) is 11.5 Å². The molecule has 0 saturated carbocycles. The standard InChI is InChI=1S/C18H21NO3S/c1-13(23-15-7-5-4-6-8-15)18(20)19-12-14-9-10-16(21-2)17(11-14)22-3/h4-11,13H,12H2,1-3H3,(H,19,20)/t13-/m0/s1. The summed E-state index contributed by atoms with van der Waals surface area (Å²) in [6.45, 7) is 2.36. The van der Waals surface area contributed by atoms with E-state index in [1.165, 1.54) is 0 Å². The van der Waals surface area contributed by atoms with Crippen LogP contribution in [0.3, 0.4) is 0 Å². The Morgan fingerprint density at radius 2 is 1.78 bits per heavy atom. The summed E-state index contributed by atoms with van der Waals surface area (Å²) in [5.74, 6) is 1.34. The molecule has 0 aliphatic heterocycles. The quantitative estimate of drug-likeness (QED) is 0.789. The van der Waals surface area contributed by atoms with Crippen molar-refractivity contribution in [3.63, 3.8) is 0 Å². The van der Waals surface area contributed by atoms with Crippen LogP contribution in [0.1, 0.15) is 12.5 Å². The topological polar surface area (TPSA) is 47.6 Å². The van der Waals surface area contributed by atoms with Gasteiger partial charge < -0.3 is 14.8 Å². The average molecular weight is 331 g/mol. The van der Waals surface area contributed by atoms with Gasteiger partial charge in [-0.3, -0.25) is 4.79 Å². The second kappa shape index (κ2) is 8.48. The van der Waals surface area contributed by atoms with Crippen LogP contribution in [0, 0.1) is 0 Å². The molecule has 2 rings (SSSR count). The summed E-state index contributed by atoms with van der Waals surface area (Å²) in [7, 11) is 3.20. The van der Waals surface area contributed by atoms with Crippen LogP contribution in [-0.2, 0) is 11.3 Å². The summed E-state index contributed by atoms with van der Waals surface area (Å²) in [4.78, 5) is 13.3. The molecule has 2 aromatic carbocycles. The van der Waals surface area contributed by atoms with Crippen LogP contribution in [0.4, 0.5) is 0 Å². The molecule has 23 heavy (non-hydrogen) atoms. The van der Waals surface area contributed by atoms with Gasteiger partial charge >= 0.3 is 0 Å². The van der Waals surface area contributed by atoms with Gasteiger partial charge in [0.15, 0.2) is 11.5 Å². The number of amides is 1. The van der Waals surface area contributed by atoms with Gasteiger partial charge in [0.1, 0.15) is 0 Å². The highest BCUT2D eigenvalue weighted by Crippen LogP contribution is 2.27. The fourth-order valence-corrected chi connectivity index (χ4v) is 2.99. The van der Waals surface area contributed by atoms with Gasteiger partial charge in [-0.1, -0.05) is 24.3 Å². The molecule has 5 heteroatoms. The number of thioether (sulfide) groups is 1. The Kier molecular flexibility index (Phi) is 6.35. The molecule has 0 radical (unpaired) electrons. The molecule has 0 spiro atoms. The second-order valence-corrected chi connectivity index (χ2v) is 6.39. The molecule has 0 bridgehead atoms. The maximum absolute atomic E-state index is 12.2. The normalized spacial score (nSPS) is 11.6. The molecule has 1 N–H and O–H groups in total. The van der Waals surface area contributed by atoms with E-state index in [9.17, 15) is 4.79 Å².